The van der Waals surface area contributed by atoms with Crippen LogP contribution in [0.4, 0.5) is 4.79 Å². The maximum Gasteiger partial charge on any atom is 0.408 e. The molecule has 0 bridgehead atoms. The fraction of sp³-hybridized carbons (Fsp3) is 0.654. The van der Waals surface area contributed by atoms with Crippen LogP contribution in [0.3, 0.4) is 0 Å². The molecule has 38 heavy (non-hydrogen) atoms. The molecule has 1 aromatic carbocycles. The molecule has 3 heterocycles. The summed E-state index contributed by atoms with van der Waals surface area (Å²) in [5.41, 5.74) is -0.858. The second kappa shape index (κ2) is 10.8. The molecule has 0 aliphatic carbocycles. The van der Waals surface area contributed by atoms with Crippen molar-refractivity contribution in [1.82, 2.24) is 10.6 Å². The summed E-state index contributed by atoms with van der Waals surface area (Å²) < 4.78 is 40.5. The number of rotatable bonds is 8. The molecule has 3 fully saturated rings. The van der Waals surface area contributed by atoms with Crippen molar-refractivity contribution in [3.8, 4) is 0 Å². The van der Waals surface area contributed by atoms with E-state index in [9.17, 15) is 14.4 Å². The molecule has 2 amide bonds. The maximum absolute atomic E-state index is 13.3. The Hall–Kier alpha value is -2.77. The molecule has 0 saturated carbocycles. The van der Waals surface area contributed by atoms with Gasteiger partial charge in [-0.2, -0.15) is 0 Å². The van der Waals surface area contributed by atoms with Crippen molar-refractivity contribution in [2.75, 3.05) is 13.7 Å². The molecule has 1 aromatic rings. The average Bonchev–Trinajstić information content (AvgIpc) is 3.47. The fourth-order valence-corrected chi connectivity index (χ4v) is 4.83. The number of fused-ring (bicyclic) bond motifs is 1. The highest BCUT2D eigenvalue weighted by molar-refractivity contribution is 5.86. The van der Waals surface area contributed by atoms with Crippen LogP contribution in [0.15, 0.2) is 30.3 Å². The van der Waals surface area contributed by atoms with Crippen LogP contribution in [-0.4, -0.2) is 79.4 Å². The Kier molecular flexibility index (Phi) is 8.01. The average molecular weight is 537 g/mol. The van der Waals surface area contributed by atoms with Crippen LogP contribution in [0.1, 0.15) is 46.6 Å². The van der Waals surface area contributed by atoms with Gasteiger partial charge in [-0.05, 0) is 40.2 Å². The van der Waals surface area contributed by atoms with Crippen molar-refractivity contribution >= 4 is 18.0 Å². The summed E-state index contributed by atoms with van der Waals surface area (Å²) >= 11 is 0. The van der Waals surface area contributed by atoms with Gasteiger partial charge in [0.1, 0.15) is 37.1 Å². The molecule has 4 rings (SSSR count). The van der Waals surface area contributed by atoms with E-state index in [0.29, 0.717) is 0 Å². The summed E-state index contributed by atoms with van der Waals surface area (Å²) in [5.74, 6) is -3.12. The Morgan fingerprint density at radius 2 is 1.71 bits per heavy atom. The van der Waals surface area contributed by atoms with Gasteiger partial charge in [0.25, 0.3) is 0 Å². The Morgan fingerprint density at radius 3 is 2.34 bits per heavy atom. The zero-order chi connectivity index (χ0) is 27.7. The summed E-state index contributed by atoms with van der Waals surface area (Å²) in [6.45, 7) is 8.78. The first kappa shape index (κ1) is 28.2. The highest BCUT2D eigenvalue weighted by Gasteiger charge is 2.66. The highest BCUT2D eigenvalue weighted by atomic mass is 16.8. The number of hydrogen-bond donors (Lipinski definition) is 2. The van der Waals surface area contributed by atoms with E-state index in [1.807, 2.05) is 30.3 Å². The van der Waals surface area contributed by atoms with Gasteiger partial charge in [0.2, 0.25) is 5.91 Å². The maximum atomic E-state index is 13.3. The number of amides is 2. The minimum atomic E-state index is -1.66. The third kappa shape index (κ3) is 6.26. The van der Waals surface area contributed by atoms with Gasteiger partial charge >= 0.3 is 12.1 Å². The second-order valence-corrected chi connectivity index (χ2v) is 10.5. The first-order valence-electron chi connectivity index (χ1n) is 12.5. The minimum absolute atomic E-state index is 0.0436. The van der Waals surface area contributed by atoms with Gasteiger partial charge < -0.3 is 43.8 Å². The van der Waals surface area contributed by atoms with Gasteiger partial charge in [0.15, 0.2) is 17.3 Å². The van der Waals surface area contributed by atoms with Crippen molar-refractivity contribution in [3.63, 3.8) is 0 Å². The smallest absolute Gasteiger partial charge is 0.408 e. The molecular formula is C26H36N2O10. The predicted octanol–water partition coefficient (Wildman–Crippen LogP) is 1.75. The second-order valence-electron chi connectivity index (χ2n) is 10.5. The standard InChI is InChI=1S/C26H36N2O10/c1-15(27-23(31)33-13-16-10-8-7-9-11-16)22(30)28-26(12-18(29)32-6)21-20(36-25(4,5)38-21)19(37-26)17-14-34-24(2,3)35-17/h7-11,15,17,19-21H,12-14H2,1-6H3,(H,27,31)(H,28,30)/t15-,17+,19+,20-,21-,26-/m0/s1. The van der Waals surface area contributed by atoms with Gasteiger partial charge in [0, 0.05) is 0 Å². The van der Waals surface area contributed by atoms with Crippen LogP contribution >= 0.6 is 0 Å². The third-order valence-electron chi connectivity index (χ3n) is 6.57. The zero-order valence-corrected chi connectivity index (χ0v) is 22.5. The molecule has 12 nitrogen and oxygen atoms in total. The SMILES string of the molecule is COC(=O)C[C@]1(NC(=O)[C@H](C)NC(=O)OCc2ccccc2)O[C@H]([C@H]2COC(C)(C)O2)[C@@H]2OC(C)(C)O[C@@H]21. The molecule has 3 aliphatic rings. The van der Waals surface area contributed by atoms with Crippen molar-refractivity contribution < 1.29 is 47.5 Å². The first-order valence-corrected chi connectivity index (χ1v) is 12.5. The molecule has 0 radical (unpaired) electrons. The fourth-order valence-electron chi connectivity index (χ4n) is 4.83. The van der Waals surface area contributed by atoms with E-state index in [2.05, 4.69) is 10.6 Å². The van der Waals surface area contributed by atoms with Gasteiger partial charge in [-0.15, -0.1) is 0 Å². The lowest BCUT2D eigenvalue weighted by Crippen LogP contribution is -2.61. The summed E-state index contributed by atoms with van der Waals surface area (Å²) in [7, 11) is 1.24. The Bertz CT molecular complexity index is 1030. The van der Waals surface area contributed by atoms with E-state index in [4.69, 9.17) is 33.2 Å². The first-order chi connectivity index (χ1) is 17.8. The largest absolute Gasteiger partial charge is 0.469 e. The lowest BCUT2D eigenvalue weighted by atomic mass is 9.97. The van der Waals surface area contributed by atoms with E-state index in [0.717, 1.165) is 5.56 Å². The van der Waals surface area contributed by atoms with Gasteiger partial charge in [-0.1, -0.05) is 30.3 Å². The Morgan fingerprint density at radius 1 is 1.00 bits per heavy atom. The molecule has 3 saturated heterocycles. The van der Waals surface area contributed by atoms with Gasteiger partial charge in [0.05, 0.1) is 20.1 Å². The van der Waals surface area contributed by atoms with Crippen molar-refractivity contribution in [2.24, 2.45) is 0 Å². The number of esters is 1. The number of nitrogens with one attached hydrogen (secondary N) is 2. The Labute approximate surface area is 221 Å². The van der Waals surface area contributed by atoms with E-state index in [1.54, 1.807) is 27.7 Å². The topological polar surface area (TPSA) is 140 Å². The number of hydrogen-bond acceptors (Lipinski definition) is 10. The van der Waals surface area contributed by atoms with Crippen LogP contribution in [0.2, 0.25) is 0 Å². The lowest BCUT2D eigenvalue weighted by Gasteiger charge is -2.36. The van der Waals surface area contributed by atoms with E-state index >= 15 is 0 Å². The highest BCUT2D eigenvalue weighted by Crippen LogP contribution is 2.47. The van der Waals surface area contributed by atoms with Gasteiger partial charge in [-0.3, -0.25) is 9.59 Å². The number of methoxy groups -OCH3 is 1. The quantitative estimate of drug-likeness (QED) is 0.472. The van der Waals surface area contributed by atoms with E-state index in [1.165, 1.54) is 14.0 Å². The van der Waals surface area contributed by atoms with Crippen LogP contribution in [0.5, 0.6) is 0 Å². The van der Waals surface area contributed by atoms with Crippen molar-refractivity contribution in [1.29, 1.82) is 0 Å². The molecule has 3 aliphatic heterocycles. The number of alkyl carbamates (subject to hydrolysis) is 1. The molecule has 2 N–H and O–H groups in total. The number of carbonyl (C=O) groups is 3. The minimum Gasteiger partial charge on any atom is -0.469 e. The van der Waals surface area contributed by atoms with E-state index < -0.39 is 65.7 Å². The summed E-state index contributed by atoms with van der Waals surface area (Å²) in [6.07, 6.45) is -3.98. The summed E-state index contributed by atoms with van der Waals surface area (Å²) in [4.78, 5) is 38.1. The summed E-state index contributed by atoms with van der Waals surface area (Å²) in [5, 5.41) is 5.29. The molecule has 210 valence electrons. The van der Waals surface area contributed by atoms with Crippen molar-refractivity contribution in [2.45, 2.75) is 95.4 Å². The van der Waals surface area contributed by atoms with Crippen molar-refractivity contribution in [3.05, 3.63) is 35.9 Å². The van der Waals surface area contributed by atoms with Crippen LogP contribution in [0, 0.1) is 0 Å². The number of ether oxygens (including phenoxy) is 7. The lowest BCUT2D eigenvalue weighted by molar-refractivity contribution is -0.235. The van der Waals surface area contributed by atoms with Crippen LogP contribution in [0.25, 0.3) is 0 Å². The molecular weight excluding hydrogens is 500 g/mol. The van der Waals surface area contributed by atoms with E-state index in [-0.39, 0.29) is 19.6 Å². The molecule has 0 unspecified atom stereocenters. The zero-order valence-electron chi connectivity index (χ0n) is 22.5. The normalized spacial score (nSPS) is 31.7. The molecule has 6 atom stereocenters. The predicted molar refractivity (Wildman–Crippen MR) is 130 cm³/mol. The monoisotopic (exact) mass is 536 g/mol. The Balaban J connectivity index is 1.50. The summed E-state index contributed by atoms with van der Waals surface area (Å²) in [6, 6.07) is 8.11. The molecule has 0 aromatic heterocycles. The van der Waals surface area contributed by atoms with Gasteiger partial charge in [-0.25, -0.2) is 4.79 Å². The third-order valence-corrected chi connectivity index (χ3v) is 6.57. The van der Waals surface area contributed by atoms with Crippen LogP contribution < -0.4 is 10.6 Å². The van der Waals surface area contributed by atoms with Crippen LogP contribution in [-0.2, 0) is 49.4 Å². The number of benzene rings is 1. The number of carbonyl (C=O) groups excluding carboxylic acids is 3. The molecule has 12 heteroatoms. The molecule has 0 spiro atoms.